The van der Waals surface area contributed by atoms with Crippen molar-refractivity contribution >= 4 is 35.0 Å². The van der Waals surface area contributed by atoms with Crippen molar-refractivity contribution in [3.05, 3.63) is 55.6 Å². The van der Waals surface area contributed by atoms with Gasteiger partial charge in [-0.25, -0.2) is 0 Å². The Bertz CT molecular complexity index is 790. The Morgan fingerprint density at radius 1 is 1.38 bits per heavy atom. The third-order valence-electron chi connectivity index (χ3n) is 3.84. The van der Waals surface area contributed by atoms with E-state index in [1.807, 2.05) is 6.07 Å². The fourth-order valence-corrected chi connectivity index (χ4v) is 2.80. The van der Waals surface area contributed by atoms with Crippen LogP contribution in [0.3, 0.4) is 0 Å². The first-order valence-electron chi connectivity index (χ1n) is 7.88. The van der Waals surface area contributed by atoms with Crippen LogP contribution in [0.5, 0.6) is 0 Å². The molecule has 1 aliphatic heterocycles. The quantitative estimate of drug-likeness (QED) is 0.303. The SMILES string of the molecule is [N-]=[N+]=NCCN1CC(C(=O)NCCCc2ccc(Cl)c(Cl)c2)=C(O)C1=O. The van der Waals surface area contributed by atoms with E-state index in [2.05, 4.69) is 15.3 Å². The molecule has 0 saturated heterocycles. The molecule has 1 aliphatic rings. The zero-order valence-corrected chi connectivity index (χ0v) is 15.3. The average molecular weight is 398 g/mol. The standard InChI is InChI=1S/C16H17Cl2N5O3/c17-12-4-3-10(8-13(12)18)2-1-5-20-15(25)11-9-23(7-6-21-22-19)16(26)14(11)24/h3-4,8,24H,1-2,5-7,9H2,(H,20,25). The van der Waals surface area contributed by atoms with Gasteiger partial charge in [0, 0.05) is 24.5 Å². The van der Waals surface area contributed by atoms with Crippen molar-refractivity contribution in [2.24, 2.45) is 5.11 Å². The summed E-state index contributed by atoms with van der Waals surface area (Å²) in [4.78, 5) is 27.9. The van der Waals surface area contributed by atoms with Crippen LogP contribution in [0.25, 0.3) is 10.4 Å². The maximum absolute atomic E-state index is 12.2. The second kappa shape index (κ2) is 9.33. The molecule has 0 bridgehead atoms. The molecule has 1 heterocycles. The number of carbonyl (C=O) groups is 2. The predicted molar refractivity (Wildman–Crippen MR) is 98.0 cm³/mol. The van der Waals surface area contributed by atoms with E-state index in [0.717, 1.165) is 5.56 Å². The van der Waals surface area contributed by atoms with Crippen LogP contribution in [0.2, 0.25) is 10.0 Å². The molecule has 2 N–H and O–H groups in total. The van der Waals surface area contributed by atoms with Crippen molar-refractivity contribution in [2.75, 3.05) is 26.2 Å². The molecule has 0 unspecified atom stereocenters. The second-order valence-corrected chi connectivity index (χ2v) is 6.43. The van der Waals surface area contributed by atoms with Crippen LogP contribution in [0.15, 0.2) is 34.6 Å². The van der Waals surface area contributed by atoms with Crippen molar-refractivity contribution in [3.63, 3.8) is 0 Å². The van der Waals surface area contributed by atoms with Crippen molar-refractivity contribution in [2.45, 2.75) is 12.8 Å². The number of azide groups is 1. The second-order valence-electron chi connectivity index (χ2n) is 5.62. The minimum Gasteiger partial charge on any atom is -0.503 e. The molecule has 2 amide bonds. The molecule has 0 fully saturated rings. The molecule has 0 atom stereocenters. The van der Waals surface area contributed by atoms with Crippen molar-refractivity contribution in [3.8, 4) is 0 Å². The summed E-state index contributed by atoms with van der Waals surface area (Å²) in [5.41, 5.74) is 9.26. The molecule has 0 saturated carbocycles. The lowest BCUT2D eigenvalue weighted by atomic mass is 10.1. The summed E-state index contributed by atoms with van der Waals surface area (Å²) < 4.78 is 0. The molecule has 0 aliphatic carbocycles. The third-order valence-corrected chi connectivity index (χ3v) is 4.58. The summed E-state index contributed by atoms with van der Waals surface area (Å²) in [5.74, 6) is -1.69. The van der Waals surface area contributed by atoms with E-state index in [0.29, 0.717) is 29.4 Å². The largest absolute Gasteiger partial charge is 0.503 e. The topological polar surface area (TPSA) is 118 Å². The van der Waals surface area contributed by atoms with E-state index >= 15 is 0 Å². The number of benzene rings is 1. The number of nitrogens with one attached hydrogen (secondary N) is 1. The van der Waals surface area contributed by atoms with Crippen LogP contribution < -0.4 is 5.32 Å². The molecule has 26 heavy (non-hydrogen) atoms. The maximum atomic E-state index is 12.2. The van der Waals surface area contributed by atoms with Gasteiger partial charge in [0.25, 0.3) is 11.8 Å². The highest BCUT2D eigenvalue weighted by atomic mass is 35.5. The first-order valence-corrected chi connectivity index (χ1v) is 8.64. The van der Waals surface area contributed by atoms with Gasteiger partial charge < -0.3 is 15.3 Å². The number of halogens is 2. The summed E-state index contributed by atoms with van der Waals surface area (Å²) in [6.07, 6.45) is 1.35. The Morgan fingerprint density at radius 3 is 2.85 bits per heavy atom. The third kappa shape index (κ3) is 5.05. The Kier molecular flexibility index (Phi) is 7.15. The summed E-state index contributed by atoms with van der Waals surface area (Å²) >= 11 is 11.8. The maximum Gasteiger partial charge on any atom is 0.289 e. The highest BCUT2D eigenvalue weighted by molar-refractivity contribution is 6.42. The molecular formula is C16H17Cl2N5O3. The number of rotatable bonds is 8. The molecule has 1 aromatic carbocycles. The van der Waals surface area contributed by atoms with Crippen LogP contribution >= 0.6 is 23.2 Å². The minimum atomic E-state index is -0.640. The summed E-state index contributed by atoms with van der Waals surface area (Å²) in [6, 6.07) is 5.36. The molecule has 0 spiro atoms. The summed E-state index contributed by atoms with van der Waals surface area (Å²) in [5, 5.41) is 16.8. The highest BCUT2D eigenvalue weighted by Crippen LogP contribution is 2.23. The Balaban J connectivity index is 1.80. The fraction of sp³-hybridized carbons (Fsp3) is 0.375. The van der Waals surface area contributed by atoms with Gasteiger partial charge in [0.1, 0.15) is 0 Å². The molecular weight excluding hydrogens is 381 g/mol. The van der Waals surface area contributed by atoms with Crippen molar-refractivity contribution in [1.29, 1.82) is 0 Å². The lowest BCUT2D eigenvalue weighted by Gasteiger charge is -2.14. The number of aliphatic hydroxyl groups excluding tert-OH is 1. The van der Waals surface area contributed by atoms with Crippen LogP contribution in [0.1, 0.15) is 12.0 Å². The lowest BCUT2D eigenvalue weighted by molar-refractivity contribution is -0.127. The number of hydrogen-bond acceptors (Lipinski definition) is 4. The fourth-order valence-electron chi connectivity index (χ4n) is 2.48. The first kappa shape index (κ1) is 19.9. The van der Waals surface area contributed by atoms with Gasteiger partial charge in [-0.1, -0.05) is 34.4 Å². The van der Waals surface area contributed by atoms with E-state index in [4.69, 9.17) is 28.7 Å². The molecule has 1 aromatic rings. The van der Waals surface area contributed by atoms with Gasteiger partial charge in [0.05, 0.1) is 22.2 Å². The summed E-state index contributed by atoms with van der Waals surface area (Å²) in [7, 11) is 0. The smallest absolute Gasteiger partial charge is 0.289 e. The van der Waals surface area contributed by atoms with E-state index in [1.54, 1.807) is 12.1 Å². The number of aliphatic hydroxyl groups is 1. The number of amides is 2. The van der Waals surface area contributed by atoms with E-state index < -0.39 is 17.6 Å². The monoisotopic (exact) mass is 397 g/mol. The molecule has 0 aromatic heterocycles. The Hall–Kier alpha value is -2.41. The van der Waals surface area contributed by atoms with Gasteiger partial charge in [-0.2, -0.15) is 0 Å². The van der Waals surface area contributed by atoms with Gasteiger partial charge in [-0.05, 0) is 36.1 Å². The zero-order valence-electron chi connectivity index (χ0n) is 13.8. The van der Waals surface area contributed by atoms with Crippen molar-refractivity contribution < 1.29 is 14.7 Å². The number of aryl methyl sites for hydroxylation is 1. The van der Waals surface area contributed by atoms with Gasteiger partial charge in [0.15, 0.2) is 5.76 Å². The number of carbonyl (C=O) groups excluding carboxylic acids is 2. The minimum absolute atomic E-state index is 0.00968. The summed E-state index contributed by atoms with van der Waals surface area (Å²) in [6.45, 7) is 0.585. The van der Waals surface area contributed by atoms with Crippen LogP contribution in [0.4, 0.5) is 0 Å². The number of hydrogen-bond donors (Lipinski definition) is 2. The van der Waals surface area contributed by atoms with Crippen LogP contribution in [-0.4, -0.2) is 48.0 Å². The van der Waals surface area contributed by atoms with E-state index in [1.165, 1.54) is 4.90 Å². The molecule has 8 nitrogen and oxygen atoms in total. The van der Waals surface area contributed by atoms with Crippen LogP contribution in [0, 0.1) is 0 Å². The Morgan fingerprint density at radius 2 is 2.15 bits per heavy atom. The van der Waals surface area contributed by atoms with Gasteiger partial charge in [-0.3, -0.25) is 9.59 Å². The van der Waals surface area contributed by atoms with Crippen LogP contribution in [-0.2, 0) is 16.0 Å². The number of nitrogens with zero attached hydrogens (tertiary/aromatic N) is 4. The first-order chi connectivity index (χ1) is 12.4. The highest BCUT2D eigenvalue weighted by Gasteiger charge is 2.33. The molecule has 2 rings (SSSR count). The van der Waals surface area contributed by atoms with Gasteiger partial charge in [-0.15, -0.1) is 0 Å². The van der Waals surface area contributed by atoms with Gasteiger partial charge >= 0.3 is 0 Å². The molecule has 138 valence electrons. The van der Waals surface area contributed by atoms with E-state index in [-0.39, 0.29) is 25.2 Å². The normalized spacial score (nSPS) is 13.8. The average Bonchev–Trinajstić information content (AvgIpc) is 2.90. The Labute approximate surface area is 160 Å². The van der Waals surface area contributed by atoms with Gasteiger partial charge in [0.2, 0.25) is 0 Å². The van der Waals surface area contributed by atoms with E-state index in [9.17, 15) is 14.7 Å². The lowest BCUT2D eigenvalue weighted by Crippen LogP contribution is -2.32. The molecule has 0 radical (unpaired) electrons. The molecule has 10 heteroatoms. The predicted octanol–water partition coefficient (Wildman–Crippen LogP) is 3.01. The van der Waals surface area contributed by atoms with Crippen molar-refractivity contribution in [1.82, 2.24) is 10.2 Å². The zero-order chi connectivity index (χ0) is 19.1.